The standard InChI is InChI=1S/C18H25N3O4S/c1-19-6-8-20(9-7-19)16(22)11-21-17(23)12-26-18(21)14-10-13(24-2)4-5-15(14)25-3/h4-5,10,18H,6-9,11-12H2,1-3H3/p+1/t18-/m1/s1. The molecule has 1 N–H and O–H groups in total. The lowest BCUT2D eigenvalue weighted by Gasteiger charge is -2.32. The van der Waals surface area contributed by atoms with Gasteiger partial charge in [-0.1, -0.05) is 0 Å². The van der Waals surface area contributed by atoms with Gasteiger partial charge >= 0.3 is 0 Å². The number of methoxy groups -OCH3 is 2. The molecule has 3 rings (SSSR count). The van der Waals surface area contributed by atoms with Crippen molar-refractivity contribution in [3.8, 4) is 11.5 Å². The van der Waals surface area contributed by atoms with E-state index in [1.807, 2.05) is 23.1 Å². The second kappa shape index (κ2) is 8.18. The molecular formula is C18H26N3O4S+. The number of ether oxygens (including phenoxy) is 2. The maximum absolute atomic E-state index is 12.7. The van der Waals surface area contributed by atoms with Crippen molar-refractivity contribution in [3.05, 3.63) is 23.8 Å². The molecule has 1 atom stereocenters. The Hall–Kier alpha value is -1.93. The number of benzene rings is 1. The fourth-order valence-electron chi connectivity index (χ4n) is 3.30. The SMILES string of the molecule is COc1ccc(OC)c([C@H]2SCC(=O)N2CC(=O)N2CC[NH+](C)CC2)c1. The van der Waals surface area contributed by atoms with Gasteiger partial charge in [-0.15, -0.1) is 11.8 Å². The Kier molecular flexibility index (Phi) is 5.93. The third kappa shape index (κ3) is 3.91. The van der Waals surface area contributed by atoms with E-state index < -0.39 is 0 Å². The highest BCUT2D eigenvalue weighted by Crippen LogP contribution is 2.43. The van der Waals surface area contributed by atoms with Gasteiger partial charge in [0.25, 0.3) is 0 Å². The number of quaternary nitrogens is 1. The number of carbonyl (C=O) groups is 2. The number of nitrogens with one attached hydrogen (secondary N) is 1. The lowest BCUT2D eigenvalue weighted by atomic mass is 10.1. The van der Waals surface area contributed by atoms with Crippen LogP contribution in [0.15, 0.2) is 18.2 Å². The van der Waals surface area contributed by atoms with Crippen LogP contribution in [0.4, 0.5) is 0 Å². The predicted molar refractivity (Wildman–Crippen MR) is 99.7 cm³/mol. The number of carbonyl (C=O) groups excluding carboxylic acids is 2. The van der Waals surface area contributed by atoms with Crippen LogP contribution in [0.25, 0.3) is 0 Å². The maximum Gasteiger partial charge on any atom is 0.242 e. The monoisotopic (exact) mass is 380 g/mol. The molecule has 26 heavy (non-hydrogen) atoms. The molecule has 0 saturated carbocycles. The summed E-state index contributed by atoms with van der Waals surface area (Å²) in [5.41, 5.74) is 0.860. The first kappa shape index (κ1) is 18.8. The Morgan fingerprint density at radius 2 is 2.00 bits per heavy atom. The first-order chi connectivity index (χ1) is 12.5. The van der Waals surface area contributed by atoms with Gasteiger partial charge < -0.3 is 24.2 Å². The van der Waals surface area contributed by atoms with Crippen LogP contribution in [0.5, 0.6) is 11.5 Å². The molecule has 0 unspecified atom stereocenters. The third-order valence-electron chi connectivity index (χ3n) is 4.95. The molecule has 0 radical (unpaired) electrons. The molecule has 142 valence electrons. The number of amides is 2. The minimum absolute atomic E-state index is 0.0141. The van der Waals surface area contributed by atoms with Gasteiger partial charge in [0.2, 0.25) is 11.8 Å². The van der Waals surface area contributed by atoms with Crippen LogP contribution in [-0.2, 0) is 9.59 Å². The first-order valence-electron chi connectivity index (χ1n) is 8.75. The molecule has 0 aliphatic carbocycles. The highest BCUT2D eigenvalue weighted by atomic mass is 32.2. The molecule has 1 aromatic carbocycles. The van der Waals surface area contributed by atoms with E-state index in [0.29, 0.717) is 17.3 Å². The molecule has 2 aliphatic heterocycles. The van der Waals surface area contributed by atoms with Crippen molar-refractivity contribution in [1.82, 2.24) is 9.80 Å². The summed E-state index contributed by atoms with van der Waals surface area (Å²) in [6, 6.07) is 5.54. The fraction of sp³-hybridized carbons (Fsp3) is 0.556. The highest BCUT2D eigenvalue weighted by Gasteiger charge is 2.37. The lowest BCUT2D eigenvalue weighted by Crippen LogP contribution is -3.12. The highest BCUT2D eigenvalue weighted by molar-refractivity contribution is 8.00. The number of rotatable bonds is 5. The van der Waals surface area contributed by atoms with Gasteiger partial charge in [0.05, 0.1) is 53.2 Å². The predicted octanol–water partition coefficient (Wildman–Crippen LogP) is -0.365. The fourth-order valence-corrected chi connectivity index (χ4v) is 4.50. The lowest BCUT2D eigenvalue weighted by molar-refractivity contribution is -0.883. The largest absolute Gasteiger partial charge is 0.497 e. The topological polar surface area (TPSA) is 63.5 Å². The second-order valence-corrected chi connectivity index (χ2v) is 7.70. The van der Waals surface area contributed by atoms with Crippen LogP contribution in [0.3, 0.4) is 0 Å². The third-order valence-corrected chi connectivity index (χ3v) is 6.18. The van der Waals surface area contributed by atoms with Gasteiger partial charge in [-0.25, -0.2) is 0 Å². The Bertz CT molecular complexity index is 676. The van der Waals surface area contributed by atoms with Crippen molar-refractivity contribution in [2.24, 2.45) is 0 Å². The van der Waals surface area contributed by atoms with E-state index in [1.54, 1.807) is 19.1 Å². The summed E-state index contributed by atoms with van der Waals surface area (Å²) >= 11 is 1.52. The zero-order valence-corrected chi connectivity index (χ0v) is 16.3. The van der Waals surface area contributed by atoms with E-state index in [0.717, 1.165) is 31.7 Å². The molecule has 8 heteroatoms. The van der Waals surface area contributed by atoms with Crippen LogP contribution in [0, 0.1) is 0 Å². The number of likely N-dealkylation sites (N-methyl/N-ethyl adjacent to an activating group) is 1. The molecule has 2 saturated heterocycles. The summed E-state index contributed by atoms with van der Waals surface area (Å²) in [6.45, 7) is 3.49. The molecule has 1 aromatic rings. The van der Waals surface area contributed by atoms with Gasteiger partial charge in [0, 0.05) is 5.56 Å². The molecule has 2 fully saturated rings. The van der Waals surface area contributed by atoms with Crippen molar-refractivity contribution < 1.29 is 24.0 Å². The van der Waals surface area contributed by atoms with Crippen molar-refractivity contribution in [1.29, 1.82) is 0 Å². The van der Waals surface area contributed by atoms with Crippen molar-refractivity contribution in [3.63, 3.8) is 0 Å². The van der Waals surface area contributed by atoms with Crippen LogP contribution in [0.2, 0.25) is 0 Å². The van der Waals surface area contributed by atoms with Crippen LogP contribution in [-0.4, -0.2) is 81.4 Å². The minimum Gasteiger partial charge on any atom is -0.497 e. The van der Waals surface area contributed by atoms with E-state index in [9.17, 15) is 9.59 Å². The summed E-state index contributed by atoms with van der Waals surface area (Å²) in [7, 11) is 5.34. The summed E-state index contributed by atoms with van der Waals surface area (Å²) in [4.78, 5) is 30.1. The van der Waals surface area contributed by atoms with Crippen molar-refractivity contribution in [2.75, 3.05) is 59.7 Å². The van der Waals surface area contributed by atoms with E-state index in [2.05, 4.69) is 7.05 Å². The van der Waals surface area contributed by atoms with Gasteiger partial charge in [-0.3, -0.25) is 9.59 Å². The molecule has 2 aliphatic rings. The van der Waals surface area contributed by atoms with Crippen LogP contribution < -0.4 is 14.4 Å². The Labute approximate surface area is 158 Å². The number of thioether (sulfide) groups is 1. The van der Waals surface area contributed by atoms with Gasteiger partial charge in [0.15, 0.2) is 0 Å². The van der Waals surface area contributed by atoms with Gasteiger partial charge in [-0.2, -0.15) is 0 Å². The summed E-state index contributed by atoms with van der Waals surface area (Å²) in [5.74, 6) is 1.76. The van der Waals surface area contributed by atoms with Crippen molar-refractivity contribution >= 4 is 23.6 Å². The summed E-state index contributed by atoms with van der Waals surface area (Å²) in [6.07, 6.45) is 0. The number of hydrogen-bond donors (Lipinski definition) is 1. The molecule has 2 amide bonds. The number of piperazine rings is 1. The molecule has 0 aromatic heterocycles. The van der Waals surface area contributed by atoms with Crippen LogP contribution >= 0.6 is 11.8 Å². The summed E-state index contributed by atoms with van der Waals surface area (Å²) < 4.78 is 10.8. The van der Waals surface area contributed by atoms with Gasteiger partial charge in [-0.05, 0) is 18.2 Å². The molecule has 0 spiro atoms. The van der Waals surface area contributed by atoms with Gasteiger partial charge in [0.1, 0.15) is 23.4 Å². The average molecular weight is 380 g/mol. The second-order valence-electron chi connectivity index (χ2n) is 6.63. The normalized spacial score (nSPS) is 21.2. The van der Waals surface area contributed by atoms with E-state index in [4.69, 9.17) is 9.47 Å². The minimum atomic E-state index is -0.241. The molecule has 0 bridgehead atoms. The Balaban J connectivity index is 1.78. The smallest absolute Gasteiger partial charge is 0.242 e. The van der Waals surface area contributed by atoms with E-state index >= 15 is 0 Å². The van der Waals surface area contributed by atoms with E-state index in [1.165, 1.54) is 16.7 Å². The Morgan fingerprint density at radius 3 is 2.65 bits per heavy atom. The number of nitrogens with zero attached hydrogens (tertiary/aromatic N) is 2. The number of hydrogen-bond acceptors (Lipinski definition) is 5. The quantitative estimate of drug-likeness (QED) is 0.756. The first-order valence-corrected chi connectivity index (χ1v) is 9.80. The molecule has 2 heterocycles. The maximum atomic E-state index is 12.7. The van der Waals surface area contributed by atoms with E-state index in [-0.39, 0.29) is 23.7 Å². The zero-order valence-electron chi connectivity index (χ0n) is 15.5. The molecule has 7 nitrogen and oxygen atoms in total. The van der Waals surface area contributed by atoms with Crippen LogP contribution in [0.1, 0.15) is 10.9 Å². The Morgan fingerprint density at radius 1 is 1.27 bits per heavy atom. The zero-order chi connectivity index (χ0) is 18.7. The van der Waals surface area contributed by atoms with Crippen molar-refractivity contribution in [2.45, 2.75) is 5.37 Å². The summed E-state index contributed by atoms with van der Waals surface area (Å²) in [5, 5.41) is -0.241. The average Bonchev–Trinajstić information content (AvgIpc) is 3.02. The molecular weight excluding hydrogens is 354 g/mol.